The predicted octanol–water partition coefficient (Wildman–Crippen LogP) is 2.97. The maximum Gasteiger partial charge on any atom is 0.240 e. The third-order valence-corrected chi connectivity index (χ3v) is 3.58. The first-order valence-corrected chi connectivity index (χ1v) is 7.39. The first-order chi connectivity index (χ1) is 9.71. The van der Waals surface area contributed by atoms with Crippen molar-refractivity contribution in [3.63, 3.8) is 0 Å². The maximum absolute atomic E-state index is 5.39. The molecule has 5 nitrogen and oxygen atoms in total. The van der Waals surface area contributed by atoms with Gasteiger partial charge in [0.25, 0.3) is 0 Å². The number of aromatic nitrogens is 2. The molecule has 0 saturated heterocycles. The number of hydrogen-bond donors (Lipinski definition) is 1. The van der Waals surface area contributed by atoms with E-state index < -0.39 is 0 Å². The molecule has 1 N–H and O–H groups in total. The molecule has 0 spiro atoms. The quantitative estimate of drug-likeness (QED) is 0.754. The zero-order chi connectivity index (χ0) is 15.0. The summed E-state index contributed by atoms with van der Waals surface area (Å²) in [6.45, 7) is 7.53. The number of methoxy groups -OCH3 is 2. The fourth-order valence-corrected chi connectivity index (χ4v) is 2.37. The highest BCUT2D eigenvalue weighted by molar-refractivity contribution is 5.26. The summed E-state index contributed by atoms with van der Waals surface area (Å²) >= 11 is 0. The lowest BCUT2D eigenvalue weighted by atomic mass is 9.91. The van der Waals surface area contributed by atoms with E-state index in [0.717, 1.165) is 31.5 Å². The Morgan fingerprint density at radius 3 is 2.35 bits per heavy atom. The van der Waals surface area contributed by atoms with Crippen LogP contribution >= 0.6 is 0 Å². The smallest absolute Gasteiger partial charge is 0.240 e. The summed E-state index contributed by atoms with van der Waals surface area (Å²) in [6.07, 6.45) is 4.92. The third-order valence-electron chi connectivity index (χ3n) is 3.58. The molecule has 0 aliphatic rings. The number of nitrogens with zero attached hydrogens (tertiary/aromatic N) is 2. The van der Waals surface area contributed by atoms with E-state index >= 15 is 0 Å². The minimum atomic E-state index is 0.165. The molecular weight excluding hydrogens is 254 g/mol. The topological polar surface area (TPSA) is 56.3 Å². The minimum absolute atomic E-state index is 0.165. The van der Waals surface area contributed by atoms with Gasteiger partial charge in [-0.05, 0) is 18.9 Å². The van der Waals surface area contributed by atoms with Gasteiger partial charge < -0.3 is 14.8 Å². The van der Waals surface area contributed by atoms with Crippen LogP contribution in [0.4, 0.5) is 0 Å². The van der Waals surface area contributed by atoms with E-state index in [-0.39, 0.29) is 6.04 Å². The molecule has 0 radical (unpaired) electrons. The second-order valence-electron chi connectivity index (χ2n) is 4.82. The lowest BCUT2D eigenvalue weighted by Crippen LogP contribution is -2.30. The van der Waals surface area contributed by atoms with E-state index in [1.807, 2.05) is 0 Å². The van der Waals surface area contributed by atoms with Crippen LogP contribution in [-0.2, 0) is 0 Å². The molecule has 1 aromatic heterocycles. The summed E-state index contributed by atoms with van der Waals surface area (Å²) in [6, 6.07) is 0.165. The number of hydrogen-bond acceptors (Lipinski definition) is 5. The lowest BCUT2D eigenvalue weighted by molar-refractivity contribution is 0.306. The van der Waals surface area contributed by atoms with Gasteiger partial charge in [0, 0.05) is 0 Å². The predicted molar refractivity (Wildman–Crippen MR) is 80.2 cm³/mol. The monoisotopic (exact) mass is 281 g/mol. The van der Waals surface area contributed by atoms with Crippen LogP contribution < -0.4 is 14.8 Å². The van der Waals surface area contributed by atoms with Crippen molar-refractivity contribution in [1.29, 1.82) is 0 Å². The molecule has 1 heterocycles. The molecule has 1 atom stereocenters. The van der Waals surface area contributed by atoms with Gasteiger partial charge in [-0.2, -0.15) is 4.98 Å². The molecule has 1 unspecified atom stereocenters. The summed E-state index contributed by atoms with van der Waals surface area (Å²) in [4.78, 5) is 8.86. The average molecular weight is 281 g/mol. The lowest BCUT2D eigenvalue weighted by Gasteiger charge is -2.26. The Labute approximate surface area is 122 Å². The van der Waals surface area contributed by atoms with E-state index in [0.29, 0.717) is 17.7 Å². The van der Waals surface area contributed by atoms with Gasteiger partial charge in [0.1, 0.15) is 5.69 Å². The Bertz CT molecular complexity index is 395. The van der Waals surface area contributed by atoms with Gasteiger partial charge >= 0.3 is 0 Å². The van der Waals surface area contributed by atoms with Gasteiger partial charge in [0.05, 0.1) is 26.5 Å². The van der Waals surface area contributed by atoms with E-state index in [9.17, 15) is 0 Å². The molecule has 0 saturated carbocycles. The van der Waals surface area contributed by atoms with Gasteiger partial charge in [-0.3, -0.25) is 0 Å². The zero-order valence-electron chi connectivity index (χ0n) is 13.3. The van der Waals surface area contributed by atoms with Crippen LogP contribution in [0.15, 0.2) is 6.20 Å². The molecule has 0 amide bonds. The van der Waals surface area contributed by atoms with Crippen molar-refractivity contribution in [3.05, 3.63) is 11.9 Å². The fourth-order valence-electron chi connectivity index (χ4n) is 2.37. The highest BCUT2D eigenvalue weighted by Crippen LogP contribution is 2.31. The number of rotatable bonds is 9. The van der Waals surface area contributed by atoms with E-state index in [4.69, 9.17) is 9.47 Å². The molecule has 1 rings (SSSR count). The van der Waals surface area contributed by atoms with Gasteiger partial charge in [-0.25, -0.2) is 4.98 Å². The van der Waals surface area contributed by atoms with Crippen LogP contribution in [0.1, 0.15) is 51.8 Å². The second kappa shape index (κ2) is 8.74. The van der Waals surface area contributed by atoms with Crippen LogP contribution in [-0.4, -0.2) is 30.7 Å². The molecule has 20 heavy (non-hydrogen) atoms. The SMILES string of the molecule is CCCNC(c1ncc(OC)nc1OC)C(CC)CC. The standard InChI is InChI=1S/C15H27N3O2/c1-6-9-16-13(11(7-2)8-3)14-15(20-5)18-12(19-4)10-17-14/h10-11,13,16H,6-9H2,1-5H3. The Morgan fingerprint density at radius 2 is 1.85 bits per heavy atom. The van der Waals surface area contributed by atoms with Crippen molar-refractivity contribution in [2.45, 2.75) is 46.1 Å². The Morgan fingerprint density at radius 1 is 1.15 bits per heavy atom. The van der Waals surface area contributed by atoms with Gasteiger partial charge in [0.2, 0.25) is 11.8 Å². The molecule has 0 aliphatic heterocycles. The summed E-state index contributed by atoms with van der Waals surface area (Å²) in [5, 5.41) is 3.58. The zero-order valence-corrected chi connectivity index (χ0v) is 13.3. The van der Waals surface area contributed by atoms with Crippen molar-refractivity contribution in [2.75, 3.05) is 20.8 Å². The molecule has 0 aromatic carbocycles. The molecule has 0 aliphatic carbocycles. The minimum Gasteiger partial charge on any atom is -0.480 e. The maximum atomic E-state index is 5.39. The van der Waals surface area contributed by atoms with Gasteiger partial charge in [-0.1, -0.05) is 33.6 Å². The highest BCUT2D eigenvalue weighted by atomic mass is 16.5. The summed E-state index contributed by atoms with van der Waals surface area (Å²) < 4.78 is 10.5. The Balaban J connectivity index is 3.11. The third kappa shape index (κ3) is 4.07. The van der Waals surface area contributed by atoms with E-state index in [2.05, 4.69) is 36.1 Å². The van der Waals surface area contributed by atoms with Crippen LogP contribution in [0.25, 0.3) is 0 Å². The van der Waals surface area contributed by atoms with Crippen LogP contribution in [0.5, 0.6) is 11.8 Å². The van der Waals surface area contributed by atoms with Crippen molar-refractivity contribution in [3.8, 4) is 11.8 Å². The van der Waals surface area contributed by atoms with Crippen LogP contribution in [0.2, 0.25) is 0 Å². The Hall–Kier alpha value is -1.36. The molecule has 5 heteroatoms. The second-order valence-corrected chi connectivity index (χ2v) is 4.82. The molecule has 0 fully saturated rings. The summed E-state index contributed by atoms with van der Waals surface area (Å²) in [5.74, 6) is 1.53. The Kier molecular flexibility index (Phi) is 7.30. The van der Waals surface area contributed by atoms with Gasteiger partial charge in [0.15, 0.2) is 0 Å². The highest BCUT2D eigenvalue weighted by Gasteiger charge is 2.25. The van der Waals surface area contributed by atoms with Crippen LogP contribution in [0, 0.1) is 5.92 Å². The van der Waals surface area contributed by atoms with Crippen LogP contribution in [0.3, 0.4) is 0 Å². The first-order valence-electron chi connectivity index (χ1n) is 7.39. The molecule has 114 valence electrons. The fraction of sp³-hybridized carbons (Fsp3) is 0.733. The van der Waals surface area contributed by atoms with Crippen molar-refractivity contribution in [1.82, 2.24) is 15.3 Å². The number of ether oxygens (including phenoxy) is 2. The first kappa shape index (κ1) is 16.7. The molecule has 0 bridgehead atoms. The van der Waals surface area contributed by atoms with E-state index in [1.165, 1.54) is 0 Å². The molecule has 1 aromatic rings. The van der Waals surface area contributed by atoms with Crippen molar-refractivity contribution >= 4 is 0 Å². The summed E-state index contributed by atoms with van der Waals surface area (Å²) in [7, 11) is 3.20. The van der Waals surface area contributed by atoms with Gasteiger partial charge in [-0.15, -0.1) is 0 Å². The normalized spacial score (nSPS) is 12.5. The largest absolute Gasteiger partial charge is 0.480 e. The van der Waals surface area contributed by atoms with Crippen molar-refractivity contribution < 1.29 is 9.47 Å². The summed E-state index contributed by atoms with van der Waals surface area (Å²) in [5.41, 5.74) is 0.871. The molecular formula is C15H27N3O2. The van der Waals surface area contributed by atoms with E-state index in [1.54, 1.807) is 20.4 Å². The number of nitrogens with one attached hydrogen (secondary N) is 1. The van der Waals surface area contributed by atoms with Crippen molar-refractivity contribution in [2.24, 2.45) is 5.92 Å². The average Bonchev–Trinajstić information content (AvgIpc) is 2.51.